The summed E-state index contributed by atoms with van der Waals surface area (Å²) in [6.45, 7) is 4.84. The van der Waals surface area contributed by atoms with Gasteiger partial charge in [-0.2, -0.15) is 4.31 Å². The number of sulfonamides is 1. The Labute approximate surface area is 109 Å². The molecule has 0 bridgehead atoms. The molecule has 0 aliphatic carbocycles. The third kappa shape index (κ3) is 3.21. The van der Waals surface area contributed by atoms with Crippen LogP contribution in [0.5, 0.6) is 0 Å². The first kappa shape index (κ1) is 14.2. The van der Waals surface area contributed by atoms with Gasteiger partial charge in [-0.25, -0.2) is 8.42 Å². The molecule has 2 saturated heterocycles. The van der Waals surface area contributed by atoms with Gasteiger partial charge >= 0.3 is 0 Å². The average Bonchev–Trinajstić information content (AvgIpc) is 2.41. The fraction of sp³-hybridized carbons (Fsp3) is 1.00. The van der Waals surface area contributed by atoms with Crippen LogP contribution >= 0.6 is 0 Å². The van der Waals surface area contributed by atoms with Gasteiger partial charge in [-0.3, -0.25) is 4.90 Å². The topological polar surface area (TPSA) is 72.9 Å². The molecule has 2 heterocycles. The molecule has 0 spiro atoms. The van der Waals surface area contributed by atoms with E-state index >= 15 is 0 Å². The maximum absolute atomic E-state index is 12.4. The Balaban J connectivity index is 1.91. The minimum absolute atomic E-state index is 0.138. The number of nitrogens with zero attached hydrogens (tertiary/aromatic N) is 2. The number of aliphatic hydroxyl groups excluding tert-OH is 1. The van der Waals surface area contributed by atoms with Crippen molar-refractivity contribution in [1.29, 1.82) is 0 Å². The average molecular weight is 277 g/mol. The molecule has 2 fully saturated rings. The van der Waals surface area contributed by atoms with Gasteiger partial charge in [0, 0.05) is 39.3 Å². The number of β-amino-alcohol motifs (C(OH)–C–C–N with tert-alkyl or cyclic N) is 1. The second-order valence-electron chi connectivity index (χ2n) is 4.98. The highest BCUT2D eigenvalue weighted by Gasteiger charge is 2.34. The van der Waals surface area contributed by atoms with E-state index in [1.165, 1.54) is 0 Å². The van der Waals surface area contributed by atoms with E-state index in [0.717, 1.165) is 32.5 Å². The molecule has 2 aliphatic heterocycles. The fourth-order valence-electron chi connectivity index (χ4n) is 2.63. The van der Waals surface area contributed by atoms with Gasteiger partial charge in [0.05, 0.1) is 11.9 Å². The van der Waals surface area contributed by atoms with Gasteiger partial charge in [-0.1, -0.05) is 0 Å². The third-order valence-corrected chi connectivity index (χ3v) is 6.11. The summed E-state index contributed by atoms with van der Waals surface area (Å²) in [5, 5.41) is 11.8. The highest BCUT2D eigenvalue weighted by molar-refractivity contribution is 7.89. The Morgan fingerprint density at radius 1 is 1.22 bits per heavy atom. The zero-order valence-corrected chi connectivity index (χ0v) is 11.5. The molecule has 1 unspecified atom stereocenters. The zero-order chi connectivity index (χ0) is 13.0. The summed E-state index contributed by atoms with van der Waals surface area (Å²) in [7, 11) is -3.14. The van der Waals surface area contributed by atoms with Crippen molar-refractivity contribution < 1.29 is 13.5 Å². The van der Waals surface area contributed by atoms with Gasteiger partial charge in [0.1, 0.15) is 0 Å². The van der Waals surface area contributed by atoms with Gasteiger partial charge in [-0.15, -0.1) is 0 Å². The van der Waals surface area contributed by atoms with E-state index in [2.05, 4.69) is 10.2 Å². The highest BCUT2D eigenvalue weighted by atomic mass is 32.2. The van der Waals surface area contributed by atoms with Crippen molar-refractivity contribution in [2.75, 3.05) is 52.4 Å². The molecule has 2 N–H and O–H groups in total. The van der Waals surface area contributed by atoms with E-state index in [0.29, 0.717) is 26.2 Å². The van der Waals surface area contributed by atoms with Crippen molar-refractivity contribution >= 4 is 10.0 Å². The Morgan fingerprint density at radius 2 is 1.94 bits per heavy atom. The molecule has 0 radical (unpaired) electrons. The first-order valence-corrected chi connectivity index (χ1v) is 8.18. The van der Waals surface area contributed by atoms with Crippen LogP contribution in [-0.2, 0) is 10.0 Å². The number of aliphatic hydroxyl groups is 1. The van der Waals surface area contributed by atoms with Gasteiger partial charge in [0.25, 0.3) is 0 Å². The van der Waals surface area contributed by atoms with Crippen LogP contribution in [-0.4, -0.2) is 80.4 Å². The van der Waals surface area contributed by atoms with Crippen LogP contribution in [0.1, 0.15) is 12.8 Å². The van der Waals surface area contributed by atoms with Crippen molar-refractivity contribution in [3.05, 3.63) is 0 Å². The second kappa shape index (κ2) is 6.29. The van der Waals surface area contributed by atoms with E-state index in [9.17, 15) is 8.42 Å². The standard InChI is InChI=1S/C11H23N3O3S/c15-9-8-13-4-6-14(7-5-13)18(16,17)11-2-1-3-12-10-11/h11-12,15H,1-10H2. The Kier molecular flexibility index (Phi) is 4.97. The van der Waals surface area contributed by atoms with Crippen LogP contribution in [0.25, 0.3) is 0 Å². The normalized spacial score (nSPS) is 28.4. The van der Waals surface area contributed by atoms with Crippen LogP contribution < -0.4 is 5.32 Å². The fourth-order valence-corrected chi connectivity index (χ4v) is 4.52. The molecule has 0 aromatic rings. The molecule has 106 valence electrons. The lowest BCUT2D eigenvalue weighted by Crippen LogP contribution is -2.53. The minimum atomic E-state index is -3.14. The lowest BCUT2D eigenvalue weighted by atomic mass is 10.2. The molecule has 0 amide bonds. The Hall–Kier alpha value is -0.210. The molecular weight excluding hydrogens is 254 g/mol. The summed E-state index contributed by atoms with van der Waals surface area (Å²) >= 11 is 0. The molecule has 6 nitrogen and oxygen atoms in total. The van der Waals surface area contributed by atoms with Gasteiger partial charge in [0.2, 0.25) is 10.0 Å². The van der Waals surface area contributed by atoms with E-state index in [-0.39, 0.29) is 11.9 Å². The quantitative estimate of drug-likeness (QED) is 0.667. The van der Waals surface area contributed by atoms with Crippen molar-refractivity contribution in [3.8, 4) is 0 Å². The summed E-state index contributed by atoms with van der Waals surface area (Å²) in [5.41, 5.74) is 0. The molecule has 1 atom stereocenters. The molecule has 7 heteroatoms. The predicted molar refractivity (Wildman–Crippen MR) is 69.9 cm³/mol. The van der Waals surface area contributed by atoms with E-state index < -0.39 is 10.0 Å². The van der Waals surface area contributed by atoms with Crippen molar-refractivity contribution in [3.63, 3.8) is 0 Å². The largest absolute Gasteiger partial charge is 0.395 e. The van der Waals surface area contributed by atoms with Crippen LogP contribution in [0.3, 0.4) is 0 Å². The molecule has 2 rings (SSSR count). The molecule has 0 saturated carbocycles. The van der Waals surface area contributed by atoms with Crippen LogP contribution in [0.2, 0.25) is 0 Å². The molecule has 2 aliphatic rings. The third-order valence-electron chi connectivity index (χ3n) is 3.78. The smallest absolute Gasteiger partial charge is 0.218 e. The number of hydrogen-bond acceptors (Lipinski definition) is 5. The second-order valence-corrected chi connectivity index (χ2v) is 7.19. The number of hydrogen-bond donors (Lipinski definition) is 2. The Morgan fingerprint density at radius 3 is 2.50 bits per heavy atom. The summed E-state index contributed by atoms with van der Waals surface area (Å²) in [5.74, 6) is 0. The van der Waals surface area contributed by atoms with Gasteiger partial charge < -0.3 is 10.4 Å². The van der Waals surface area contributed by atoms with Crippen molar-refractivity contribution in [2.24, 2.45) is 0 Å². The van der Waals surface area contributed by atoms with Crippen LogP contribution in [0, 0.1) is 0 Å². The highest BCUT2D eigenvalue weighted by Crippen LogP contribution is 2.18. The maximum Gasteiger partial charge on any atom is 0.218 e. The van der Waals surface area contributed by atoms with E-state index in [4.69, 9.17) is 5.11 Å². The predicted octanol–water partition coefficient (Wildman–Crippen LogP) is -1.32. The summed E-state index contributed by atoms with van der Waals surface area (Å²) in [6.07, 6.45) is 1.71. The molecule has 18 heavy (non-hydrogen) atoms. The lowest BCUT2D eigenvalue weighted by molar-refractivity contribution is 0.150. The van der Waals surface area contributed by atoms with E-state index in [1.807, 2.05) is 0 Å². The SMILES string of the molecule is O=S(=O)(C1CCCNC1)N1CCN(CCO)CC1. The number of rotatable bonds is 4. The minimum Gasteiger partial charge on any atom is -0.395 e. The molecular formula is C11H23N3O3S. The van der Waals surface area contributed by atoms with Crippen LogP contribution in [0.15, 0.2) is 0 Å². The van der Waals surface area contributed by atoms with Gasteiger partial charge in [-0.05, 0) is 19.4 Å². The number of piperazine rings is 1. The summed E-state index contributed by atoms with van der Waals surface area (Å²) in [4.78, 5) is 2.10. The van der Waals surface area contributed by atoms with Gasteiger partial charge in [0.15, 0.2) is 0 Å². The number of nitrogens with one attached hydrogen (secondary N) is 1. The summed E-state index contributed by atoms with van der Waals surface area (Å²) < 4.78 is 26.5. The summed E-state index contributed by atoms with van der Waals surface area (Å²) in [6, 6.07) is 0. The Bertz CT molecular complexity index is 347. The monoisotopic (exact) mass is 277 g/mol. The van der Waals surface area contributed by atoms with Crippen molar-refractivity contribution in [1.82, 2.24) is 14.5 Å². The lowest BCUT2D eigenvalue weighted by Gasteiger charge is -2.36. The maximum atomic E-state index is 12.4. The zero-order valence-electron chi connectivity index (χ0n) is 10.7. The first-order chi connectivity index (χ1) is 8.64. The van der Waals surface area contributed by atoms with Crippen molar-refractivity contribution in [2.45, 2.75) is 18.1 Å². The van der Waals surface area contributed by atoms with E-state index in [1.54, 1.807) is 4.31 Å². The number of piperidine rings is 1. The van der Waals surface area contributed by atoms with Crippen LogP contribution in [0.4, 0.5) is 0 Å². The molecule has 0 aromatic heterocycles. The first-order valence-electron chi connectivity index (χ1n) is 6.67. The molecule has 0 aromatic carbocycles.